The number of piperidine rings is 1. The second kappa shape index (κ2) is 5.41. The summed E-state index contributed by atoms with van der Waals surface area (Å²) >= 11 is 0. The summed E-state index contributed by atoms with van der Waals surface area (Å²) in [6.45, 7) is 8.82. The van der Waals surface area contributed by atoms with E-state index in [-0.39, 0.29) is 11.6 Å². The fraction of sp³-hybridized carbons (Fsp3) is 0.312. The van der Waals surface area contributed by atoms with Gasteiger partial charge in [-0.2, -0.15) is 0 Å². The first kappa shape index (κ1) is 13.4. The minimum absolute atomic E-state index is 0.0739. The smallest absolute Gasteiger partial charge is 0.275 e. The van der Waals surface area contributed by atoms with Gasteiger partial charge in [0.05, 0.1) is 12.3 Å². The number of hydrogen-bond acceptors (Lipinski definition) is 3. The zero-order chi connectivity index (χ0) is 14.8. The number of nitrogens with zero attached hydrogens (tertiary/aromatic N) is 3. The van der Waals surface area contributed by atoms with Crippen LogP contribution in [0, 0.1) is 6.57 Å². The summed E-state index contributed by atoms with van der Waals surface area (Å²) in [7, 11) is 0. The molecule has 0 radical (unpaired) electrons. The molecule has 0 aromatic heterocycles. The molecule has 1 aromatic rings. The lowest BCUT2D eigenvalue weighted by atomic mass is 10.0. The molecule has 1 saturated heterocycles. The molecular formula is C16H16N4O. The fourth-order valence-electron chi connectivity index (χ4n) is 2.78. The molecule has 2 aliphatic rings. The van der Waals surface area contributed by atoms with E-state index in [0.29, 0.717) is 24.6 Å². The van der Waals surface area contributed by atoms with Gasteiger partial charge in [-0.1, -0.05) is 24.3 Å². The highest BCUT2D eigenvalue weighted by Crippen LogP contribution is 2.31. The van der Waals surface area contributed by atoms with Crippen LogP contribution < -0.4 is 5.73 Å². The lowest BCUT2D eigenvalue weighted by Crippen LogP contribution is -2.36. The Morgan fingerprint density at radius 2 is 1.86 bits per heavy atom. The zero-order valence-electron chi connectivity index (χ0n) is 11.7. The van der Waals surface area contributed by atoms with Crippen molar-refractivity contribution in [2.24, 2.45) is 10.7 Å². The maximum Gasteiger partial charge on any atom is 0.275 e. The summed E-state index contributed by atoms with van der Waals surface area (Å²) in [4.78, 5) is 22.0. The molecule has 106 valence electrons. The molecule has 0 spiro atoms. The molecule has 21 heavy (non-hydrogen) atoms. The summed E-state index contributed by atoms with van der Waals surface area (Å²) < 4.78 is 0. The van der Waals surface area contributed by atoms with Gasteiger partial charge in [0.25, 0.3) is 11.6 Å². The van der Waals surface area contributed by atoms with E-state index >= 15 is 0 Å². The van der Waals surface area contributed by atoms with Gasteiger partial charge in [0.1, 0.15) is 5.84 Å². The molecule has 5 nitrogen and oxygen atoms in total. The van der Waals surface area contributed by atoms with Crippen LogP contribution >= 0.6 is 0 Å². The van der Waals surface area contributed by atoms with Crippen molar-refractivity contribution >= 4 is 17.4 Å². The maximum atomic E-state index is 12.6. The van der Waals surface area contributed by atoms with Gasteiger partial charge < -0.3 is 10.6 Å². The number of fused-ring (bicyclic) bond motifs is 1. The van der Waals surface area contributed by atoms with Crippen LogP contribution in [-0.2, 0) is 4.79 Å². The van der Waals surface area contributed by atoms with Crippen molar-refractivity contribution in [3.05, 3.63) is 52.5 Å². The summed E-state index contributed by atoms with van der Waals surface area (Å²) in [6, 6.07) is 7.44. The second-order valence-corrected chi connectivity index (χ2v) is 5.20. The van der Waals surface area contributed by atoms with Gasteiger partial charge in [0, 0.05) is 24.2 Å². The molecule has 2 heterocycles. The largest absolute Gasteiger partial charge is 0.383 e. The quantitative estimate of drug-likeness (QED) is 0.631. The standard InChI is InChI=1S/C16H16N4O/c1-18-14(16(21)20-9-5-2-6-10-20)13-11-7-3-4-8-12(11)15(17)19-13/h3-4,7-8H,2,5-6,9-10H2,(H2,17,19)/b14-13+. The van der Waals surface area contributed by atoms with Crippen molar-refractivity contribution in [3.63, 3.8) is 0 Å². The minimum Gasteiger partial charge on any atom is -0.383 e. The summed E-state index contributed by atoms with van der Waals surface area (Å²) in [5.41, 5.74) is 7.94. The van der Waals surface area contributed by atoms with Crippen molar-refractivity contribution < 1.29 is 4.79 Å². The first-order valence-corrected chi connectivity index (χ1v) is 7.07. The lowest BCUT2D eigenvalue weighted by molar-refractivity contribution is -0.127. The van der Waals surface area contributed by atoms with Gasteiger partial charge in [0.2, 0.25) is 0 Å². The number of carbonyl (C=O) groups excluding carboxylic acids is 1. The van der Waals surface area contributed by atoms with Crippen LogP contribution in [0.15, 0.2) is 35.0 Å². The Bertz CT molecular complexity index is 690. The third-order valence-corrected chi connectivity index (χ3v) is 3.87. The first-order valence-electron chi connectivity index (χ1n) is 7.07. The van der Waals surface area contributed by atoms with E-state index in [4.69, 9.17) is 12.3 Å². The SMILES string of the molecule is [C-]#[N+]/C(C(=O)N1CCCCC1)=C1/N=C(N)c2ccccc21. The van der Waals surface area contributed by atoms with Crippen molar-refractivity contribution in [2.75, 3.05) is 13.1 Å². The van der Waals surface area contributed by atoms with E-state index in [9.17, 15) is 4.79 Å². The monoisotopic (exact) mass is 280 g/mol. The second-order valence-electron chi connectivity index (χ2n) is 5.20. The highest BCUT2D eigenvalue weighted by Gasteiger charge is 2.28. The van der Waals surface area contributed by atoms with Crippen molar-refractivity contribution in [3.8, 4) is 0 Å². The number of amidine groups is 1. The molecule has 3 rings (SSSR count). The molecular weight excluding hydrogens is 264 g/mol. The summed E-state index contributed by atoms with van der Waals surface area (Å²) in [6.07, 6.45) is 3.13. The topological polar surface area (TPSA) is 63.0 Å². The Morgan fingerprint density at radius 3 is 2.52 bits per heavy atom. The Morgan fingerprint density at radius 1 is 1.19 bits per heavy atom. The molecule has 5 heteroatoms. The van der Waals surface area contributed by atoms with Gasteiger partial charge >= 0.3 is 0 Å². The molecule has 2 N–H and O–H groups in total. The first-order chi connectivity index (χ1) is 10.2. The van der Waals surface area contributed by atoms with Crippen molar-refractivity contribution in [2.45, 2.75) is 19.3 Å². The predicted octanol–water partition coefficient (Wildman–Crippen LogP) is 2.01. The minimum atomic E-state index is -0.229. The number of aliphatic imine (C=N–C) groups is 1. The van der Waals surface area contributed by atoms with Crippen LogP contribution in [0.1, 0.15) is 30.4 Å². The number of amides is 1. The van der Waals surface area contributed by atoms with Crippen LogP contribution in [0.2, 0.25) is 0 Å². The van der Waals surface area contributed by atoms with Gasteiger partial charge in [-0.05, 0) is 19.3 Å². The molecule has 0 aliphatic carbocycles. The number of benzene rings is 1. The van der Waals surface area contributed by atoms with E-state index in [2.05, 4.69) is 9.84 Å². The zero-order valence-corrected chi connectivity index (χ0v) is 11.7. The van der Waals surface area contributed by atoms with Gasteiger partial charge in [-0.15, -0.1) is 0 Å². The fourth-order valence-corrected chi connectivity index (χ4v) is 2.78. The van der Waals surface area contributed by atoms with Crippen LogP contribution in [-0.4, -0.2) is 29.7 Å². The Labute approximate surface area is 123 Å². The number of likely N-dealkylation sites (tertiary alicyclic amines) is 1. The third kappa shape index (κ3) is 2.29. The number of nitrogens with two attached hydrogens (primary N) is 1. The Hall–Kier alpha value is -2.61. The van der Waals surface area contributed by atoms with Gasteiger partial charge in [0.15, 0.2) is 0 Å². The number of hydrogen-bond donors (Lipinski definition) is 1. The van der Waals surface area contributed by atoms with Crippen LogP contribution in [0.5, 0.6) is 0 Å². The Kier molecular flexibility index (Phi) is 3.44. The highest BCUT2D eigenvalue weighted by molar-refractivity contribution is 6.14. The van der Waals surface area contributed by atoms with Crippen LogP contribution in [0.4, 0.5) is 0 Å². The van der Waals surface area contributed by atoms with Crippen LogP contribution in [0.25, 0.3) is 10.5 Å². The van der Waals surface area contributed by atoms with Crippen LogP contribution in [0.3, 0.4) is 0 Å². The number of rotatable bonds is 1. The van der Waals surface area contributed by atoms with E-state index in [1.165, 1.54) is 0 Å². The molecule has 0 saturated carbocycles. The Balaban J connectivity index is 2.04. The molecule has 0 unspecified atom stereocenters. The van der Waals surface area contributed by atoms with E-state index in [1.807, 2.05) is 24.3 Å². The highest BCUT2D eigenvalue weighted by atomic mass is 16.2. The molecule has 0 bridgehead atoms. The molecule has 1 aromatic carbocycles. The average Bonchev–Trinajstić information content (AvgIpc) is 2.86. The van der Waals surface area contributed by atoms with Gasteiger partial charge in [-0.25, -0.2) is 9.84 Å². The predicted molar refractivity (Wildman–Crippen MR) is 81.1 cm³/mol. The molecule has 1 amide bonds. The molecule has 0 atom stereocenters. The van der Waals surface area contributed by atoms with E-state index < -0.39 is 0 Å². The van der Waals surface area contributed by atoms with Gasteiger partial charge in [-0.3, -0.25) is 4.79 Å². The molecule has 2 aliphatic heterocycles. The third-order valence-electron chi connectivity index (χ3n) is 3.87. The summed E-state index contributed by atoms with van der Waals surface area (Å²) in [5.74, 6) is 0.140. The average molecular weight is 280 g/mol. The number of carbonyl (C=O) groups is 1. The van der Waals surface area contributed by atoms with E-state index in [0.717, 1.165) is 30.4 Å². The summed E-state index contributed by atoms with van der Waals surface area (Å²) in [5, 5.41) is 0. The normalized spacial score (nSPS) is 19.6. The molecule has 1 fully saturated rings. The van der Waals surface area contributed by atoms with Crippen molar-refractivity contribution in [1.82, 2.24) is 4.90 Å². The van der Waals surface area contributed by atoms with Crippen molar-refractivity contribution in [1.29, 1.82) is 0 Å². The lowest BCUT2D eigenvalue weighted by Gasteiger charge is -2.26. The maximum absolute atomic E-state index is 12.6. The van der Waals surface area contributed by atoms with E-state index in [1.54, 1.807) is 4.90 Å².